The van der Waals surface area contributed by atoms with Crippen molar-refractivity contribution in [2.45, 2.75) is 27.3 Å². The molecule has 4 nitrogen and oxygen atoms in total. The maximum atomic E-state index is 5.60. The molecule has 0 radical (unpaired) electrons. The van der Waals surface area contributed by atoms with E-state index in [1.54, 1.807) is 7.11 Å². The molecule has 0 amide bonds. The van der Waals surface area contributed by atoms with E-state index < -0.39 is 0 Å². The van der Waals surface area contributed by atoms with Gasteiger partial charge in [-0.05, 0) is 44.5 Å². The van der Waals surface area contributed by atoms with Gasteiger partial charge in [-0.15, -0.1) is 0 Å². The minimum absolute atomic E-state index is 0.622. The summed E-state index contributed by atoms with van der Waals surface area (Å²) in [5.74, 6) is 1.53. The number of methoxy groups -OCH3 is 1. The molecular weight excluding hydrogens is 264 g/mol. The van der Waals surface area contributed by atoms with Gasteiger partial charge in [0, 0.05) is 36.7 Å². The Balaban J connectivity index is 2.12. The summed E-state index contributed by atoms with van der Waals surface area (Å²) in [6.45, 7) is 7.65. The minimum atomic E-state index is 0.622. The number of hydrogen-bond acceptors (Lipinski definition) is 3. The van der Waals surface area contributed by atoms with Crippen LogP contribution >= 0.6 is 0 Å². The van der Waals surface area contributed by atoms with Crippen molar-refractivity contribution in [2.75, 3.05) is 19.0 Å². The average Bonchev–Trinajstić information content (AvgIpc) is 2.73. The van der Waals surface area contributed by atoms with Crippen molar-refractivity contribution >= 4 is 5.69 Å². The summed E-state index contributed by atoms with van der Waals surface area (Å²) in [6.07, 6.45) is 0. The fourth-order valence-electron chi connectivity index (χ4n) is 2.36. The van der Waals surface area contributed by atoms with E-state index in [0.29, 0.717) is 6.61 Å². The van der Waals surface area contributed by atoms with Crippen molar-refractivity contribution in [3.05, 3.63) is 41.2 Å². The zero-order valence-electron chi connectivity index (χ0n) is 13.5. The number of aryl methyl sites for hydroxylation is 1. The third-order valence-corrected chi connectivity index (χ3v) is 3.83. The number of anilines is 1. The largest absolute Gasteiger partial charge is 0.493 e. The summed E-state index contributed by atoms with van der Waals surface area (Å²) in [5, 5.41) is 3.44. The summed E-state index contributed by atoms with van der Waals surface area (Å²) in [4.78, 5) is 0. The Kier molecular flexibility index (Phi) is 4.78. The van der Waals surface area contributed by atoms with Gasteiger partial charge in [-0.3, -0.25) is 0 Å². The van der Waals surface area contributed by atoms with E-state index in [1.165, 1.54) is 17.0 Å². The third-order valence-electron chi connectivity index (χ3n) is 3.83. The fraction of sp³-hybridized carbons (Fsp3) is 0.412. The van der Waals surface area contributed by atoms with E-state index in [-0.39, 0.29) is 0 Å². The number of aromatic nitrogens is 1. The van der Waals surface area contributed by atoms with Crippen molar-refractivity contribution in [3.8, 4) is 11.5 Å². The molecule has 0 unspecified atom stereocenters. The predicted octanol–water partition coefficient (Wildman–Crippen LogP) is 3.66. The number of hydrogen-bond donors (Lipinski definition) is 1. The molecular formula is C17H24N2O2. The zero-order valence-corrected chi connectivity index (χ0v) is 13.5. The van der Waals surface area contributed by atoms with Gasteiger partial charge in [0.2, 0.25) is 0 Å². The van der Waals surface area contributed by atoms with E-state index in [0.717, 1.165) is 23.7 Å². The first-order valence-electron chi connectivity index (χ1n) is 7.23. The first kappa shape index (κ1) is 15.3. The molecule has 0 saturated heterocycles. The van der Waals surface area contributed by atoms with Crippen LogP contribution in [0.1, 0.15) is 23.9 Å². The molecule has 0 spiro atoms. The molecule has 0 aliphatic rings. The zero-order chi connectivity index (χ0) is 15.4. The molecule has 0 aliphatic heterocycles. The average molecular weight is 288 g/mol. The van der Waals surface area contributed by atoms with Gasteiger partial charge < -0.3 is 19.4 Å². The van der Waals surface area contributed by atoms with Crippen molar-refractivity contribution in [3.63, 3.8) is 0 Å². The molecule has 21 heavy (non-hydrogen) atoms. The molecule has 2 aromatic rings. The molecule has 1 aromatic carbocycles. The Morgan fingerprint density at radius 2 is 1.90 bits per heavy atom. The van der Waals surface area contributed by atoms with Gasteiger partial charge in [-0.1, -0.05) is 0 Å². The monoisotopic (exact) mass is 288 g/mol. The van der Waals surface area contributed by atoms with E-state index in [4.69, 9.17) is 9.47 Å². The molecule has 0 aliphatic carbocycles. The lowest BCUT2D eigenvalue weighted by atomic mass is 10.2. The third kappa shape index (κ3) is 3.32. The van der Waals surface area contributed by atoms with Gasteiger partial charge in [0.1, 0.15) is 0 Å². The number of rotatable bonds is 6. The van der Waals surface area contributed by atoms with Gasteiger partial charge in [0.15, 0.2) is 11.5 Å². The van der Waals surface area contributed by atoms with Gasteiger partial charge >= 0.3 is 0 Å². The molecule has 0 bridgehead atoms. The quantitative estimate of drug-likeness (QED) is 0.881. The Labute approximate surface area is 126 Å². The summed E-state index contributed by atoms with van der Waals surface area (Å²) < 4.78 is 13.1. The second-order valence-electron chi connectivity index (χ2n) is 5.11. The van der Waals surface area contributed by atoms with Crippen LogP contribution in [-0.2, 0) is 13.6 Å². The van der Waals surface area contributed by atoms with Crippen LogP contribution in [0.5, 0.6) is 11.5 Å². The highest BCUT2D eigenvalue weighted by Crippen LogP contribution is 2.30. The van der Waals surface area contributed by atoms with Crippen LogP contribution in [-0.4, -0.2) is 18.3 Å². The molecule has 1 N–H and O–H groups in total. The Morgan fingerprint density at radius 3 is 2.48 bits per heavy atom. The standard InChI is InChI=1S/C17H24N2O2/c1-6-21-17-10-15(7-8-16(17)20-5)18-11-14-9-12(2)19(4)13(14)3/h7-10,18H,6,11H2,1-5H3. The lowest BCUT2D eigenvalue weighted by Crippen LogP contribution is -2.02. The highest BCUT2D eigenvalue weighted by molar-refractivity contribution is 5.55. The molecule has 114 valence electrons. The lowest BCUT2D eigenvalue weighted by molar-refractivity contribution is 0.311. The Bertz CT molecular complexity index is 617. The van der Waals surface area contributed by atoms with Crippen LogP contribution in [0.15, 0.2) is 24.3 Å². The Hall–Kier alpha value is -2.10. The van der Waals surface area contributed by atoms with Crippen molar-refractivity contribution in [2.24, 2.45) is 7.05 Å². The normalized spacial score (nSPS) is 10.5. The summed E-state index contributed by atoms with van der Waals surface area (Å²) in [5.41, 5.74) is 4.90. The molecule has 2 rings (SSSR count). The predicted molar refractivity (Wildman–Crippen MR) is 86.4 cm³/mol. The van der Waals surface area contributed by atoms with Crippen LogP contribution < -0.4 is 14.8 Å². The SMILES string of the molecule is CCOc1cc(NCc2cc(C)n(C)c2C)ccc1OC. The number of nitrogens with one attached hydrogen (secondary N) is 1. The van der Waals surface area contributed by atoms with Crippen LogP contribution in [0.2, 0.25) is 0 Å². The van der Waals surface area contributed by atoms with Crippen LogP contribution in [0.3, 0.4) is 0 Å². The molecule has 0 fully saturated rings. The summed E-state index contributed by atoms with van der Waals surface area (Å²) >= 11 is 0. The second kappa shape index (κ2) is 6.57. The van der Waals surface area contributed by atoms with Crippen molar-refractivity contribution < 1.29 is 9.47 Å². The maximum Gasteiger partial charge on any atom is 0.163 e. The van der Waals surface area contributed by atoms with Crippen LogP contribution in [0.25, 0.3) is 0 Å². The molecule has 1 aromatic heterocycles. The van der Waals surface area contributed by atoms with E-state index in [9.17, 15) is 0 Å². The first-order chi connectivity index (χ1) is 10.1. The highest BCUT2D eigenvalue weighted by atomic mass is 16.5. The summed E-state index contributed by atoms with van der Waals surface area (Å²) in [7, 11) is 3.75. The Morgan fingerprint density at radius 1 is 1.14 bits per heavy atom. The van der Waals surface area contributed by atoms with Gasteiger partial charge in [-0.25, -0.2) is 0 Å². The fourth-order valence-corrected chi connectivity index (χ4v) is 2.36. The number of ether oxygens (including phenoxy) is 2. The number of nitrogens with zero attached hydrogens (tertiary/aromatic N) is 1. The maximum absolute atomic E-state index is 5.60. The van der Waals surface area contributed by atoms with E-state index in [1.807, 2.05) is 25.1 Å². The lowest BCUT2D eigenvalue weighted by Gasteiger charge is -2.12. The first-order valence-corrected chi connectivity index (χ1v) is 7.23. The van der Waals surface area contributed by atoms with Crippen molar-refractivity contribution in [1.29, 1.82) is 0 Å². The van der Waals surface area contributed by atoms with Gasteiger partial charge in [0.05, 0.1) is 13.7 Å². The number of benzene rings is 1. The van der Waals surface area contributed by atoms with Gasteiger partial charge in [0.25, 0.3) is 0 Å². The van der Waals surface area contributed by atoms with Crippen molar-refractivity contribution in [1.82, 2.24) is 4.57 Å². The minimum Gasteiger partial charge on any atom is -0.493 e. The summed E-state index contributed by atoms with van der Waals surface area (Å²) in [6, 6.07) is 8.13. The van der Waals surface area contributed by atoms with E-state index >= 15 is 0 Å². The highest BCUT2D eigenvalue weighted by Gasteiger charge is 2.08. The molecule has 4 heteroatoms. The smallest absolute Gasteiger partial charge is 0.163 e. The molecule has 1 heterocycles. The van der Waals surface area contributed by atoms with Crippen LogP contribution in [0.4, 0.5) is 5.69 Å². The molecule has 0 atom stereocenters. The van der Waals surface area contributed by atoms with Gasteiger partial charge in [-0.2, -0.15) is 0 Å². The van der Waals surface area contributed by atoms with E-state index in [2.05, 4.69) is 36.8 Å². The second-order valence-corrected chi connectivity index (χ2v) is 5.11. The topological polar surface area (TPSA) is 35.4 Å². The molecule has 0 saturated carbocycles. The van der Waals surface area contributed by atoms with Crippen LogP contribution in [0, 0.1) is 13.8 Å².